The van der Waals surface area contributed by atoms with Crippen LogP contribution in [0.1, 0.15) is 17.6 Å². The van der Waals surface area contributed by atoms with Gasteiger partial charge in [-0.25, -0.2) is 4.98 Å². The van der Waals surface area contributed by atoms with Gasteiger partial charge in [0.2, 0.25) is 0 Å². The Morgan fingerprint density at radius 1 is 1.28 bits per heavy atom. The van der Waals surface area contributed by atoms with E-state index in [1.807, 2.05) is 37.3 Å². The van der Waals surface area contributed by atoms with E-state index in [0.717, 1.165) is 31.8 Å². The second-order valence-electron chi connectivity index (χ2n) is 5.83. The number of fused-ring (bicyclic) bond motifs is 2. The van der Waals surface area contributed by atoms with Crippen LogP contribution in [0, 0.1) is 6.92 Å². The van der Waals surface area contributed by atoms with Crippen molar-refractivity contribution < 1.29 is 9.53 Å². The average molecular weight is 371 g/mol. The third-order valence-electron chi connectivity index (χ3n) is 4.11. The molecule has 0 saturated heterocycles. The first kappa shape index (κ1) is 16.1. The summed E-state index contributed by atoms with van der Waals surface area (Å²) in [7, 11) is 0. The first-order valence-corrected chi connectivity index (χ1v) is 9.03. The molecule has 4 rings (SSSR count). The largest absolute Gasteiger partial charge is 0.424 e. The van der Waals surface area contributed by atoms with Gasteiger partial charge in [0, 0.05) is 17.3 Å². The lowest BCUT2D eigenvalue weighted by Crippen LogP contribution is -2.04. The molecule has 0 radical (unpaired) electrons. The molecular formula is C19H15ClN2O2S. The minimum absolute atomic E-state index is 0.336. The van der Waals surface area contributed by atoms with Crippen molar-refractivity contribution in [3.8, 4) is 5.75 Å². The fraction of sp³-hybridized carbons (Fsp3) is 0.158. The van der Waals surface area contributed by atoms with Crippen LogP contribution in [0.3, 0.4) is 0 Å². The Morgan fingerprint density at radius 3 is 2.84 bits per heavy atom. The molecule has 0 spiro atoms. The molecule has 0 aliphatic rings. The standard InChI is InChI=1S/C19H15ClN2O2S/c1-11-19(24-12(2)23)14-8-7-13(20)9-16(14)22(11)10-18-21-15-5-3-4-6-17(15)25-18/h3-9H,10H2,1-2H3. The zero-order chi connectivity index (χ0) is 17.6. The van der Waals surface area contributed by atoms with Gasteiger partial charge in [0.25, 0.3) is 0 Å². The maximum absolute atomic E-state index is 11.5. The summed E-state index contributed by atoms with van der Waals surface area (Å²) in [6, 6.07) is 13.7. The van der Waals surface area contributed by atoms with Crippen molar-refractivity contribution in [1.29, 1.82) is 0 Å². The summed E-state index contributed by atoms with van der Waals surface area (Å²) in [6.07, 6.45) is 0. The maximum Gasteiger partial charge on any atom is 0.308 e. The quantitative estimate of drug-likeness (QED) is 0.466. The normalized spacial score (nSPS) is 11.3. The van der Waals surface area contributed by atoms with E-state index in [1.54, 1.807) is 17.4 Å². The van der Waals surface area contributed by atoms with Gasteiger partial charge in [0.05, 0.1) is 28.0 Å². The van der Waals surface area contributed by atoms with E-state index in [1.165, 1.54) is 6.92 Å². The van der Waals surface area contributed by atoms with Gasteiger partial charge in [-0.2, -0.15) is 0 Å². The lowest BCUT2D eigenvalue weighted by Gasteiger charge is -2.06. The highest BCUT2D eigenvalue weighted by Crippen LogP contribution is 2.35. The van der Waals surface area contributed by atoms with Gasteiger partial charge >= 0.3 is 5.97 Å². The van der Waals surface area contributed by atoms with Crippen molar-refractivity contribution in [2.24, 2.45) is 0 Å². The Hall–Kier alpha value is -2.37. The van der Waals surface area contributed by atoms with Crippen molar-refractivity contribution >= 4 is 50.0 Å². The number of benzene rings is 2. The van der Waals surface area contributed by atoms with Gasteiger partial charge in [0.1, 0.15) is 5.01 Å². The van der Waals surface area contributed by atoms with Crippen molar-refractivity contribution in [2.75, 3.05) is 0 Å². The van der Waals surface area contributed by atoms with E-state index in [9.17, 15) is 4.79 Å². The molecule has 0 amide bonds. The molecule has 126 valence electrons. The smallest absolute Gasteiger partial charge is 0.308 e. The molecule has 0 unspecified atom stereocenters. The Kier molecular flexibility index (Phi) is 3.98. The second-order valence-corrected chi connectivity index (χ2v) is 7.38. The predicted molar refractivity (Wildman–Crippen MR) is 102 cm³/mol. The highest BCUT2D eigenvalue weighted by Gasteiger charge is 2.18. The number of hydrogen-bond acceptors (Lipinski definition) is 4. The van der Waals surface area contributed by atoms with E-state index >= 15 is 0 Å². The minimum Gasteiger partial charge on any atom is -0.424 e. The van der Waals surface area contributed by atoms with Gasteiger partial charge in [-0.3, -0.25) is 4.79 Å². The van der Waals surface area contributed by atoms with Crippen LogP contribution in [-0.2, 0) is 11.3 Å². The molecule has 6 heteroatoms. The van der Waals surface area contributed by atoms with Crippen LogP contribution >= 0.6 is 22.9 Å². The van der Waals surface area contributed by atoms with Crippen LogP contribution in [0.4, 0.5) is 0 Å². The number of hydrogen-bond donors (Lipinski definition) is 0. The molecular weight excluding hydrogens is 356 g/mol. The summed E-state index contributed by atoms with van der Waals surface area (Å²) in [4.78, 5) is 16.2. The Morgan fingerprint density at radius 2 is 2.08 bits per heavy atom. The average Bonchev–Trinajstić information content (AvgIpc) is 3.09. The summed E-state index contributed by atoms with van der Waals surface area (Å²) < 4.78 is 8.71. The number of nitrogens with zero attached hydrogens (tertiary/aromatic N) is 2. The lowest BCUT2D eigenvalue weighted by molar-refractivity contribution is -0.131. The topological polar surface area (TPSA) is 44.1 Å². The summed E-state index contributed by atoms with van der Waals surface area (Å²) in [5, 5.41) is 2.51. The molecule has 0 aliphatic heterocycles. The van der Waals surface area contributed by atoms with Crippen LogP contribution < -0.4 is 4.74 Å². The van der Waals surface area contributed by atoms with Crippen molar-refractivity contribution in [3.05, 3.63) is 58.2 Å². The molecule has 4 nitrogen and oxygen atoms in total. The zero-order valence-corrected chi connectivity index (χ0v) is 15.3. The number of esters is 1. The summed E-state index contributed by atoms with van der Waals surface area (Å²) in [6.45, 7) is 3.95. The molecule has 2 aromatic carbocycles. The second kappa shape index (κ2) is 6.17. The summed E-state index contributed by atoms with van der Waals surface area (Å²) in [5.74, 6) is 0.248. The Balaban J connectivity index is 1.86. The summed E-state index contributed by atoms with van der Waals surface area (Å²) >= 11 is 7.86. The number of thiazole rings is 1. The number of carbonyl (C=O) groups excluding carboxylic acids is 1. The molecule has 4 aromatic rings. The fourth-order valence-corrected chi connectivity index (χ4v) is 4.14. The number of aromatic nitrogens is 2. The molecule has 2 aromatic heterocycles. The van der Waals surface area contributed by atoms with Crippen LogP contribution in [-0.4, -0.2) is 15.5 Å². The van der Waals surface area contributed by atoms with Crippen molar-refractivity contribution in [1.82, 2.24) is 9.55 Å². The maximum atomic E-state index is 11.5. The minimum atomic E-state index is -0.336. The fourth-order valence-electron chi connectivity index (χ4n) is 3.02. The molecule has 0 bridgehead atoms. The van der Waals surface area contributed by atoms with E-state index < -0.39 is 0 Å². The molecule has 0 fully saturated rings. The van der Waals surface area contributed by atoms with Crippen molar-refractivity contribution in [2.45, 2.75) is 20.4 Å². The predicted octanol–water partition coefficient (Wildman–Crippen LogP) is 5.19. The van der Waals surface area contributed by atoms with Crippen LogP contribution in [0.5, 0.6) is 5.75 Å². The number of para-hydroxylation sites is 1. The molecule has 0 atom stereocenters. The number of rotatable bonds is 3. The Bertz CT molecular complexity index is 1080. The van der Waals surface area contributed by atoms with E-state index in [0.29, 0.717) is 17.3 Å². The monoisotopic (exact) mass is 370 g/mol. The number of halogens is 1. The molecule has 0 saturated carbocycles. The third kappa shape index (κ3) is 2.90. The van der Waals surface area contributed by atoms with E-state index in [-0.39, 0.29) is 5.97 Å². The Labute approximate surface area is 153 Å². The van der Waals surface area contributed by atoms with E-state index in [2.05, 4.69) is 10.6 Å². The van der Waals surface area contributed by atoms with Crippen LogP contribution in [0.15, 0.2) is 42.5 Å². The third-order valence-corrected chi connectivity index (χ3v) is 5.36. The van der Waals surface area contributed by atoms with Crippen LogP contribution in [0.25, 0.3) is 21.1 Å². The molecule has 2 heterocycles. The van der Waals surface area contributed by atoms with Gasteiger partial charge in [-0.1, -0.05) is 23.7 Å². The highest BCUT2D eigenvalue weighted by molar-refractivity contribution is 7.18. The van der Waals surface area contributed by atoms with Crippen LogP contribution in [0.2, 0.25) is 5.02 Å². The highest BCUT2D eigenvalue weighted by atomic mass is 35.5. The lowest BCUT2D eigenvalue weighted by atomic mass is 10.2. The van der Waals surface area contributed by atoms with Crippen molar-refractivity contribution in [3.63, 3.8) is 0 Å². The molecule has 25 heavy (non-hydrogen) atoms. The molecule has 0 N–H and O–H groups in total. The number of carbonyl (C=O) groups is 1. The zero-order valence-electron chi connectivity index (χ0n) is 13.7. The van der Waals surface area contributed by atoms with E-state index in [4.69, 9.17) is 21.3 Å². The number of ether oxygens (including phenoxy) is 1. The SMILES string of the molecule is CC(=O)Oc1c(C)n(Cc2nc3ccccc3s2)c2cc(Cl)ccc12. The molecule has 0 aliphatic carbocycles. The van der Waals surface area contributed by atoms with Gasteiger partial charge in [-0.15, -0.1) is 11.3 Å². The summed E-state index contributed by atoms with van der Waals surface area (Å²) in [5.41, 5.74) is 2.81. The van der Waals surface area contributed by atoms with Gasteiger partial charge < -0.3 is 9.30 Å². The van der Waals surface area contributed by atoms with Gasteiger partial charge in [-0.05, 0) is 37.3 Å². The first-order chi connectivity index (χ1) is 12.0. The van der Waals surface area contributed by atoms with Gasteiger partial charge in [0.15, 0.2) is 5.75 Å². The first-order valence-electron chi connectivity index (χ1n) is 7.84.